The Labute approximate surface area is 79.2 Å². The van der Waals surface area contributed by atoms with Gasteiger partial charge in [0.25, 0.3) is 0 Å². The molecule has 14 heavy (non-hydrogen) atoms. The first-order valence-electron chi connectivity index (χ1n) is 4.11. The Kier molecular flexibility index (Phi) is 1.96. The number of benzene rings is 1. The number of carboxylic acids is 1. The molecule has 72 valence electrons. The Morgan fingerprint density at radius 3 is 2.86 bits per heavy atom. The molecule has 0 atom stereocenters. The van der Waals surface area contributed by atoms with Gasteiger partial charge >= 0.3 is 5.97 Å². The zero-order valence-electron chi connectivity index (χ0n) is 7.25. The van der Waals surface area contributed by atoms with Gasteiger partial charge in [0.15, 0.2) is 0 Å². The SMILES string of the molecule is O=C(O)c1cc2cc(CF)ccc2[nH]1. The van der Waals surface area contributed by atoms with Gasteiger partial charge in [-0.05, 0) is 23.8 Å². The molecular formula is C10H8FNO2. The van der Waals surface area contributed by atoms with Crippen LogP contribution in [0.25, 0.3) is 10.9 Å². The van der Waals surface area contributed by atoms with Gasteiger partial charge < -0.3 is 10.1 Å². The van der Waals surface area contributed by atoms with Crippen molar-refractivity contribution in [2.24, 2.45) is 0 Å². The van der Waals surface area contributed by atoms with Crippen molar-refractivity contribution >= 4 is 16.9 Å². The summed E-state index contributed by atoms with van der Waals surface area (Å²) in [6.45, 7) is -0.538. The standard InChI is InChI=1S/C10H8FNO2/c11-5-6-1-2-8-7(3-6)4-9(12-8)10(13)14/h1-4,12H,5H2,(H,13,14). The first-order chi connectivity index (χ1) is 6.70. The normalized spacial score (nSPS) is 10.6. The number of aromatic nitrogens is 1. The minimum Gasteiger partial charge on any atom is -0.477 e. The van der Waals surface area contributed by atoms with Gasteiger partial charge in [-0.3, -0.25) is 0 Å². The summed E-state index contributed by atoms with van der Waals surface area (Å²) in [6, 6.07) is 6.44. The minimum atomic E-state index is -1.01. The Balaban J connectivity index is 2.60. The van der Waals surface area contributed by atoms with Crippen LogP contribution in [0.3, 0.4) is 0 Å². The van der Waals surface area contributed by atoms with Gasteiger partial charge in [-0.2, -0.15) is 0 Å². The van der Waals surface area contributed by atoms with Crippen molar-refractivity contribution in [1.29, 1.82) is 0 Å². The van der Waals surface area contributed by atoms with E-state index in [2.05, 4.69) is 4.98 Å². The van der Waals surface area contributed by atoms with Gasteiger partial charge in [-0.25, -0.2) is 9.18 Å². The van der Waals surface area contributed by atoms with Gasteiger partial charge in [0.2, 0.25) is 0 Å². The molecule has 4 heteroatoms. The summed E-state index contributed by atoms with van der Waals surface area (Å²) in [4.78, 5) is 13.3. The Morgan fingerprint density at radius 1 is 1.43 bits per heavy atom. The number of aromatic amines is 1. The van der Waals surface area contributed by atoms with E-state index in [0.29, 0.717) is 11.1 Å². The number of aromatic carboxylic acids is 1. The van der Waals surface area contributed by atoms with Gasteiger partial charge in [0.05, 0.1) is 0 Å². The Bertz CT molecular complexity index is 490. The summed E-state index contributed by atoms with van der Waals surface area (Å²) < 4.78 is 12.3. The van der Waals surface area contributed by atoms with Gasteiger partial charge in [0.1, 0.15) is 12.4 Å². The number of alkyl halides is 1. The first-order valence-corrected chi connectivity index (χ1v) is 4.11. The van der Waals surface area contributed by atoms with E-state index in [4.69, 9.17) is 5.11 Å². The molecule has 1 heterocycles. The molecule has 0 bridgehead atoms. The third-order valence-corrected chi connectivity index (χ3v) is 2.07. The van der Waals surface area contributed by atoms with Crippen LogP contribution in [0.2, 0.25) is 0 Å². The van der Waals surface area contributed by atoms with Crippen molar-refractivity contribution < 1.29 is 14.3 Å². The lowest BCUT2D eigenvalue weighted by atomic mass is 10.2. The van der Waals surface area contributed by atoms with Gasteiger partial charge in [0, 0.05) is 10.9 Å². The lowest BCUT2D eigenvalue weighted by molar-refractivity contribution is 0.0691. The maximum Gasteiger partial charge on any atom is 0.352 e. The maximum absolute atomic E-state index is 12.3. The van der Waals surface area contributed by atoms with Crippen LogP contribution < -0.4 is 0 Å². The zero-order chi connectivity index (χ0) is 10.1. The van der Waals surface area contributed by atoms with Crippen LogP contribution in [0.15, 0.2) is 24.3 Å². The molecule has 0 spiro atoms. The molecule has 0 saturated heterocycles. The molecular weight excluding hydrogens is 185 g/mol. The van der Waals surface area contributed by atoms with E-state index in [0.717, 1.165) is 5.39 Å². The number of rotatable bonds is 2. The third kappa shape index (κ3) is 1.35. The first kappa shape index (κ1) is 8.74. The number of carboxylic acid groups (broad SMARTS) is 1. The molecule has 1 aromatic carbocycles. The van der Waals surface area contributed by atoms with E-state index in [9.17, 15) is 9.18 Å². The molecule has 0 unspecified atom stereocenters. The van der Waals surface area contributed by atoms with E-state index in [1.165, 1.54) is 6.07 Å². The van der Waals surface area contributed by atoms with Crippen LogP contribution in [0.1, 0.15) is 16.1 Å². The molecule has 0 aliphatic rings. The second kappa shape index (κ2) is 3.14. The quantitative estimate of drug-likeness (QED) is 0.769. The highest BCUT2D eigenvalue weighted by molar-refractivity contribution is 5.93. The highest BCUT2D eigenvalue weighted by Crippen LogP contribution is 2.17. The highest BCUT2D eigenvalue weighted by Gasteiger charge is 2.07. The molecule has 3 nitrogen and oxygen atoms in total. The largest absolute Gasteiger partial charge is 0.477 e. The smallest absolute Gasteiger partial charge is 0.352 e. The summed E-state index contributed by atoms with van der Waals surface area (Å²) in [5.41, 5.74) is 1.38. The average Bonchev–Trinajstić information content (AvgIpc) is 2.59. The lowest BCUT2D eigenvalue weighted by Gasteiger charge is -1.93. The van der Waals surface area contributed by atoms with Gasteiger partial charge in [-0.15, -0.1) is 0 Å². The van der Waals surface area contributed by atoms with Crippen LogP contribution >= 0.6 is 0 Å². The van der Waals surface area contributed by atoms with E-state index in [-0.39, 0.29) is 5.69 Å². The van der Waals surface area contributed by atoms with E-state index in [1.807, 2.05) is 0 Å². The fourth-order valence-corrected chi connectivity index (χ4v) is 1.38. The number of fused-ring (bicyclic) bond motifs is 1. The van der Waals surface area contributed by atoms with Crippen LogP contribution in [0.5, 0.6) is 0 Å². The number of carbonyl (C=O) groups is 1. The number of halogens is 1. The second-order valence-corrected chi connectivity index (χ2v) is 3.04. The van der Waals surface area contributed by atoms with E-state index < -0.39 is 12.6 Å². The number of hydrogen-bond donors (Lipinski definition) is 2. The van der Waals surface area contributed by atoms with Crippen molar-refractivity contribution in [2.75, 3.05) is 0 Å². The fourth-order valence-electron chi connectivity index (χ4n) is 1.38. The predicted octanol–water partition coefficient (Wildman–Crippen LogP) is 2.34. The van der Waals surface area contributed by atoms with E-state index in [1.54, 1.807) is 18.2 Å². The molecule has 0 saturated carbocycles. The molecule has 2 N–H and O–H groups in total. The fraction of sp³-hybridized carbons (Fsp3) is 0.100. The topological polar surface area (TPSA) is 53.1 Å². The summed E-state index contributed by atoms with van der Waals surface area (Å²) in [5, 5.41) is 9.43. The van der Waals surface area contributed by atoms with Crippen molar-refractivity contribution in [2.45, 2.75) is 6.67 Å². The monoisotopic (exact) mass is 193 g/mol. The molecule has 1 aromatic heterocycles. The highest BCUT2D eigenvalue weighted by atomic mass is 19.1. The van der Waals surface area contributed by atoms with Crippen molar-refractivity contribution in [3.05, 3.63) is 35.5 Å². The van der Waals surface area contributed by atoms with Crippen LogP contribution in [0, 0.1) is 0 Å². The van der Waals surface area contributed by atoms with Crippen LogP contribution in [-0.4, -0.2) is 16.1 Å². The molecule has 0 radical (unpaired) electrons. The Morgan fingerprint density at radius 2 is 2.21 bits per heavy atom. The zero-order valence-corrected chi connectivity index (χ0v) is 7.25. The van der Waals surface area contributed by atoms with E-state index >= 15 is 0 Å². The summed E-state index contributed by atoms with van der Waals surface area (Å²) >= 11 is 0. The number of H-pyrrole nitrogens is 1. The lowest BCUT2D eigenvalue weighted by Crippen LogP contribution is -1.94. The molecule has 0 fully saturated rings. The molecule has 2 rings (SSSR count). The summed E-state index contributed by atoms with van der Waals surface area (Å²) in [6.07, 6.45) is 0. The molecule has 0 aliphatic carbocycles. The van der Waals surface area contributed by atoms with Crippen LogP contribution in [0.4, 0.5) is 4.39 Å². The second-order valence-electron chi connectivity index (χ2n) is 3.04. The summed E-state index contributed by atoms with van der Waals surface area (Å²) in [5.74, 6) is -1.01. The minimum absolute atomic E-state index is 0.121. The van der Waals surface area contributed by atoms with Crippen molar-refractivity contribution in [3.63, 3.8) is 0 Å². The molecule has 0 aliphatic heterocycles. The number of nitrogens with one attached hydrogen (secondary N) is 1. The molecule has 0 amide bonds. The number of hydrogen-bond acceptors (Lipinski definition) is 1. The predicted molar refractivity (Wildman–Crippen MR) is 50.1 cm³/mol. The van der Waals surface area contributed by atoms with Crippen molar-refractivity contribution in [1.82, 2.24) is 4.98 Å². The maximum atomic E-state index is 12.3. The van der Waals surface area contributed by atoms with Gasteiger partial charge in [-0.1, -0.05) is 6.07 Å². The molecule has 2 aromatic rings. The Hall–Kier alpha value is -1.84. The van der Waals surface area contributed by atoms with Crippen LogP contribution in [-0.2, 0) is 6.67 Å². The average molecular weight is 193 g/mol. The van der Waals surface area contributed by atoms with Crippen molar-refractivity contribution in [3.8, 4) is 0 Å². The summed E-state index contributed by atoms with van der Waals surface area (Å²) in [7, 11) is 0. The third-order valence-electron chi connectivity index (χ3n) is 2.07.